The molecule has 0 bridgehead atoms. The van der Waals surface area contributed by atoms with Gasteiger partial charge in [-0.1, -0.05) is 0 Å². The molecule has 0 saturated carbocycles. The number of hydrogen-bond donors (Lipinski definition) is 1. The van der Waals surface area contributed by atoms with E-state index in [-0.39, 0.29) is 11.7 Å². The summed E-state index contributed by atoms with van der Waals surface area (Å²) in [5, 5.41) is 9.24. The molecular weight excluding hydrogens is 270 g/mol. The minimum atomic E-state index is -3.87. The largest absolute Gasteiger partial charge is 0.443 e. The van der Waals surface area contributed by atoms with Gasteiger partial charge in [0.25, 0.3) is 0 Å². The first-order valence-electron chi connectivity index (χ1n) is 5.38. The fourth-order valence-corrected chi connectivity index (χ4v) is 2.26. The molecule has 8 heteroatoms. The Balaban J connectivity index is 2.46. The highest BCUT2D eigenvalue weighted by atomic mass is 32.2. The van der Waals surface area contributed by atoms with Crippen LogP contribution in [0.1, 0.15) is 5.69 Å². The van der Waals surface area contributed by atoms with Gasteiger partial charge in [0, 0.05) is 37.8 Å². The van der Waals surface area contributed by atoms with Crippen LogP contribution in [0.3, 0.4) is 0 Å². The van der Waals surface area contributed by atoms with Gasteiger partial charge in [0.1, 0.15) is 11.9 Å². The monoisotopic (exact) mass is 283 g/mol. The molecule has 7 nitrogen and oxygen atoms in total. The Morgan fingerprint density at radius 2 is 2.21 bits per heavy atom. The van der Waals surface area contributed by atoms with Crippen LogP contribution < -0.4 is 0 Å². The number of aromatic nitrogens is 1. The van der Waals surface area contributed by atoms with Crippen molar-refractivity contribution in [2.45, 2.75) is 11.7 Å². The molecule has 0 fully saturated rings. The van der Waals surface area contributed by atoms with Gasteiger partial charge in [0.2, 0.25) is 5.09 Å². The van der Waals surface area contributed by atoms with Crippen molar-refractivity contribution in [2.24, 2.45) is 4.40 Å². The first-order chi connectivity index (χ1) is 8.92. The molecule has 0 radical (unpaired) electrons. The number of rotatable bonds is 4. The van der Waals surface area contributed by atoms with E-state index in [1.807, 2.05) is 0 Å². The Morgan fingerprint density at radius 1 is 1.47 bits per heavy atom. The second-order valence-corrected chi connectivity index (χ2v) is 5.66. The molecule has 2 aromatic rings. The average molecular weight is 283 g/mol. The van der Waals surface area contributed by atoms with E-state index < -0.39 is 10.0 Å². The lowest BCUT2D eigenvalue weighted by Crippen LogP contribution is -2.09. The maximum atomic E-state index is 11.9. The lowest BCUT2D eigenvalue weighted by molar-refractivity contribution is 0.277. The Kier molecular flexibility index (Phi) is 3.54. The van der Waals surface area contributed by atoms with Crippen LogP contribution in [0.5, 0.6) is 0 Å². The molecule has 2 rings (SSSR count). The molecule has 0 aliphatic rings. The summed E-state index contributed by atoms with van der Waals surface area (Å²) in [6.07, 6.45) is 2.62. The van der Waals surface area contributed by atoms with Gasteiger partial charge >= 0.3 is 10.0 Å². The molecular formula is C11H13N3O4S. The van der Waals surface area contributed by atoms with Gasteiger partial charge in [-0.3, -0.25) is 4.98 Å². The molecule has 0 amide bonds. The molecule has 1 N–H and O–H groups in total. The highest BCUT2D eigenvalue weighted by molar-refractivity contribution is 7.90. The van der Waals surface area contributed by atoms with Crippen LogP contribution >= 0.6 is 0 Å². The van der Waals surface area contributed by atoms with Crippen molar-refractivity contribution in [3.8, 4) is 0 Å². The lowest BCUT2D eigenvalue weighted by Gasteiger charge is -2.01. The number of pyridine rings is 1. The summed E-state index contributed by atoms with van der Waals surface area (Å²) in [7, 11) is -0.542. The molecule has 0 saturated heterocycles. The Hall–Kier alpha value is -1.93. The molecule has 0 aromatic carbocycles. The number of sulfonamides is 1. The Morgan fingerprint density at radius 3 is 2.84 bits per heavy atom. The van der Waals surface area contributed by atoms with Crippen molar-refractivity contribution in [1.29, 1.82) is 0 Å². The predicted octanol–water partition coefficient (Wildman–Crippen LogP) is 0.599. The molecule has 0 atom stereocenters. The summed E-state index contributed by atoms with van der Waals surface area (Å²) in [6.45, 7) is -0.239. The molecule has 0 aliphatic heterocycles. The van der Waals surface area contributed by atoms with Gasteiger partial charge < -0.3 is 14.4 Å². The van der Waals surface area contributed by atoms with Crippen molar-refractivity contribution in [3.05, 3.63) is 24.0 Å². The van der Waals surface area contributed by atoms with Gasteiger partial charge in [-0.25, -0.2) is 0 Å². The predicted molar refractivity (Wildman–Crippen MR) is 69.3 cm³/mol. The highest BCUT2D eigenvalue weighted by Gasteiger charge is 2.18. The van der Waals surface area contributed by atoms with E-state index in [0.29, 0.717) is 16.7 Å². The normalized spacial score (nSPS) is 12.4. The van der Waals surface area contributed by atoms with Crippen LogP contribution in [0.4, 0.5) is 0 Å². The van der Waals surface area contributed by atoms with E-state index >= 15 is 0 Å². The van der Waals surface area contributed by atoms with Crippen LogP contribution in [0, 0.1) is 0 Å². The summed E-state index contributed by atoms with van der Waals surface area (Å²) >= 11 is 0. The molecule has 2 aromatic heterocycles. The topological polar surface area (TPSA) is 96.0 Å². The zero-order valence-corrected chi connectivity index (χ0v) is 11.3. The summed E-state index contributed by atoms with van der Waals surface area (Å²) < 4.78 is 32.5. The third-order valence-corrected chi connectivity index (χ3v) is 3.35. The van der Waals surface area contributed by atoms with Gasteiger partial charge in [-0.05, 0) is 0 Å². The highest BCUT2D eigenvalue weighted by Crippen LogP contribution is 2.23. The molecule has 19 heavy (non-hydrogen) atoms. The van der Waals surface area contributed by atoms with E-state index in [2.05, 4.69) is 9.38 Å². The third-order valence-electron chi connectivity index (χ3n) is 2.27. The maximum Gasteiger partial charge on any atom is 0.317 e. The van der Waals surface area contributed by atoms with E-state index in [4.69, 9.17) is 9.52 Å². The molecule has 2 heterocycles. The van der Waals surface area contributed by atoms with Gasteiger partial charge in [-0.2, -0.15) is 8.42 Å². The molecule has 102 valence electrons. The van der Waals surface area contributed by atoms with E-state index in [0.717, 1.165) is 0 Å². The Labute approximate surface area is 110 Å². The summed E-state index contributed by atoms with van der Waals surface area (Å²) in [5.74, 6) is 0. The fraction of sp³-hybridized carbons (Fsp3) is 0.273. The van der Waals surface area contributed by atoms with Crippen molar-refractivity contribution in [1.82, 2.24) is 9.88 Å². The van der Waals surface area contributed by atoms with Gasteiger partial charge in [0.15, 0.2) is 0 Å². The fourth-order valence-electron chi connectivity index (χ4n) is 1.37. The standard InChI is InChI=1S/C11H13N3O4S/c1-14(2)7-13-19(16,17)11-3-8-5-12-9(6-15)4-10(8)18-11/h3-5,7,15H,6H2,1-2H3. The van der Waals surface area contributed by atoms with Crippen LogP contribution in [-0.2, 0) is 16.6 Å². The van der Waals surface area contributed by atoms with Crippen LogP contribution in [0.25, 0.3) is 11.0 Å². The second-order valence-electron chi connectivity index (χ2n) is 4.10. The Bertz CT molecular complexity index is 719. The van der Waals surface area contributed by atoms with Crippen molar-refractivity contribution in [2.75, 3.05) is 14.1 Å². The van der Waals surface area contributed by atoms with Crippen molar-refractivity contribution >= 4 is 27.3 Å². The maximum absolute atomic E-state index is 11.9. The second kappa shape index (κ2) is 4.98. The van der Waals surface area contributed by atoms with E-state index in [1.165, 1.54) is 29.6 Å². The first-order valence-corrected chi connectivity index (χ1v) is 6.82. The van der Waals surface area contributed by atoms with Crippen molar-refractivity contribution in [3.63, 3.8) is 0 Å². The number of hydrogen-bond acceptors (Lipinski definition) is 5. The number of aliphatic hydroxyl groups excluding tert-OH is 1. The van der Waals surface area contributed by atoms with Gasteiger partial charge in [0.05, 0.1) is 12.3 Å². The number of fused-ring (bicyclic) bond motifs is 1. The van der Waals surface area contributed by atoms with Crippen LogP contribution in [0.15, 0.2) is 32.2 Å². The van der Waals surface area contributed by atoms with Crippen LogP contribution in [0.2, 0.25) is 0 Å². The summed E-state index contributed by atoms with van der Waals surface area (Å²) in [6, 6.07) is 2.84. The quantitative estimate of drug-likeness (QED) is 0.652. The summed E-state index contributed by atoms with van der Waals surface area (Å²) in [5.41, 5.74) is 0.750. The number of nitrogens with zero attached hydrogens (tertiary/aromatic N) is 3. The minimum absolute atomic E-state index is 0.239. The molecule has 0 unspecified atom stereocenters. The molecule has 0 spiro atoms. The smallest absolute Gasteiger partial charge is 0.317 e. The minimum Gasteiger partial charge on any atom is -0.443 e. The lowest BCUT2D eigenvalue weighted by atomic mass is 10.3. The number of furan rings is 1. The SMILES string of the molecule is CN(C)C=NS(=O)(=O)c1cc2cnc(CO)cc2o1. The summed E-state index contributed by atoms with van der Waals surface area (Å²) in [4.78, 5) is 5.45. The average Bonchev–Trinajstić information content (AvgIpc) is 2.80. The number of aliphatic hydroxyl groups is 1. The zero-order valence-electron chi connectivity index (χ0n) is 10.4. The van der Waals surface area contributed by atoms with E-state index in [1.54, 1.807) is 14.1 Å². The molecule has 0 aliphatic carbocycles. The van der Waals surface area contributed by atoms with E-state index in [9.17, 15) is 8.42 Å². The first kappa shape index (κ1) is 13.5. The third kappa shape index (κ3) is 2.91. The van der Waals surface area contributed by atoms with Crippen LogP contribution in [-0.4, -0.2) is 43.8 Å². The zero-order chi connectivity index (χ0) is 14.0. The van der Waals surface area contributed by atoms with Crippen molar-refractivity contribution < 1.29 is 17.9 Å². The van der Waals surface area contributed by atoms with Gasteiger partial charge in [-0.15, -0.1) is 4.40 Å².